The molecule has 0 N–H and O–H groups in total. The van der Waals surface area contributed by atoms with Crippen LogP contribution in [0.2, 0.25) is 45.3 Å². The summed E-state index contributed by atoms with van der Waals surface area (Å²) in [7, 11) is -4.47. The van der Waals surface area contributed by atoms with Crippen molar-refractivity contribution in [2.24, 2.45) is 0 Å². The van der Waals surface area contributed by atoms with Crippen LogP contribution in [0.3, 0.4) is 0 Å². The highest BCUT2D eigenvalue weighted by Crippen LogP contribution is 2.30. The molecule has 1 unspecified atom stereocenters. The molecule has 0 spiro atoms. The second-order valence-corrected chi connectivity index (χ2v) is 21.2. The Morgan fingerprint density at radius 1 is 1.05 bits per heavy atom. The lowest BCUT2D eigenvalue weighted by atomic mass is 10.5. The molecule has 0 heterocycles. The first-order chi connectivity index (χ1) is 8.65. The molecule has 0 amide bonds. The first-order valence-electron chi connectivity index (χ1n) is 7.63. The molecule has 1 atom stereocenters. The van der Waals surface area contributed by atoms with Gasteiger partial charge in [0.05, 0.1) is 13.3 Å². The van der Waals surface area contributed by atoms with Crippen LogP contribution in [0.1, 0.15) is 27.7 Å². The van der Waals surface area contributed by atoms with Crippen molar-refractivity contribution in [3.63, 3.8) is 0 Å². The average molecular weight is 333 g/mol. The Kier molecular flexibility index (Phi) is 6.71. The van der Waals surface area contributed by atoms with Crippen molar-refractivity contribution in [1.82, 2.24) is 0 Å². The van der Waals surface area contributed by atoms with Crippen molar-refractivity contribution < 1.29 is 8.85 Å². The Hall–Kier alpha value is 0.311. The smallest absolute Gasteiger partial charge is 0.204 e. The molecule has 0 saturated carbocycles. The van der Waals surface area contributed by atoms with Crippen LogP contribution in [-0.2, 0) is 8.85 Å². The van der Waals surface area contributed by atoms with Crippen LogP contribution in [0.5, 0.6) is 0 Å². The highest BCUT2D eigenvalue weighted by molar-refractivity contribution is 6.79. The minimum Gasteiger partial charge on any atom is -0.415 e. The SMILES string of the molecule is C=CC[Si](C)(C)OC(C)(C)[SiH](C)OC(C)(C)[Si](C)(C)C. The maximum absolute atomic E-state index is 6.56. The third-order valence-corrected chi connectivity index (χ3v) is 14.0. The first kappa shape index (κ1) is 20.3. The topological polar surface area (TPSA) is 18.5 Å². The van der Waals surface area contributed by atoms with Crippen LogP contribution in [-0.4, -0.2) is 35.9 Å². The minimum atomic E-state index is -1.67. The van der Waals surface area contributed by atoms with E-state index in [-0.39, 0.29) is 10.4 Å². The maximum Gasteiger partial charge on any atom is 0.204 e. The van der Waals surface area contributed by atoms with Gasteiger partial charge >= 0.3 is 0 Å². The monoisotopic (exact) mass is 332 g/mol. The summed E-state index contributed by atoms with van der Waals surface area (Å²) in [6, 6.07) is 0.995. The van der Waals surface area contributed by atoms with Crippen molar-refractivity contribution >= 4 is 25.4 Å². The summed E-state index contributed by atoms with van der Waals surface area (Å²) in [5.41, 5.74) is 0. The number of allylic oxidation sites excluding steroid dienone is 1. The van der Waals surface area contributed by atoms with Crippen molar-refractivity contribution in [2.75, 3.05) is 0 Å². The fourth-order valence-corrected chi connectivity index (χ4v) is 8.88. The van der Waals surface area contributed by atoms with Crippen molar-refractivity contribution in [1.29, 1.82) is 0 Å². The zero-order chi connectivity index (χ0) is 16.4. The summed E-state index contributed by atoms with van der Waals surface area (Å²) in [5, 5.41) is -0.126. The van der Waals surface area contributed by atoms with E-state index in [1.54, 1.807) is 0 Å². The van der Waals surface area contributed by atoms with E-state index in [4.69, 9.17) is 8.85 Å². The van der Waals surface area contributed by atoms with E-state index in [0.717, 1.165) is 6.04 Å². The molecule has 0 aliphatic rings. The Balaban J connectivity index is 4.91. The van der Waals surface area contributed by atoms with E-state index in [9.17, 15) is 0 Å². The summed E-state index contributed by atoms with van der Waals surface area (Å²) in [5.74, 6) is 0. The van der Waals surface area contributed by atoms with E-state index in [0.29, 0.717) is 0 Å². The second-order valence-electron chi connectivity index (χ2n) is 8.48. The lowest BCUT2D eigenvalue weighted by molar-refractivity contribution is 0.112. The molecule has 0 fully saturated rings. The summed E-state index contributed by atoms with van der Waals surface area (Å²) in [6.45, 7) is 26.7. The number of hydrogen-bond donors (Lipinski definition) is 0. The zero-order valence-electron chi connectivity index (χ0n) is 15.4. The molecule has 0 aromatic rings. The average Bonchev–Trinajstić information content (AvgIpc) is 2.12. The molecule has 0 radical (unpaired) electrons. The highest BCUT2D eigenvalue weighted by atomic mass is 28.4. The van der Waals surface area contributed by atoms with Gasteiger partial charge in [-0.3, -0.25) is 0 Å². The Labute approximate surface area is 130 Å². The fourth-order valence-electron chi connectivity index (χ4n) is 1.94. The van der Waals surface area contributed by atoms with Gasteiger partial charge < -0.3 is 8.85 Å². The summed E-state index contributed by atoms with van der Waals surface area (Å²) in [6.07, 6.45) is 1.99. The van der Waals surface area contributed by atoms with E-state index in [2.05, 4.69) is 73.6 Å². The van der Waals surface area contributed by atoms with Gasteiger partial charge in [-0.25, -0.2) is 0 Å². The van der Waals surface area contributed by atoms with Crippen LogP contribution in [0.25, 0.3) is 0 Å². The molecular formula is C15H36O2Si3. The van der Waals surface area contributed by atoms with Crippen molar-refractivity contribution in [2.45, 2.75) is 83.5 Å². The van der Waals surface area contributed by atoms with Gasteiger partial charge in [0.15, 0.2) is 8.32 Å². The lowest BCUT2D eigenvalue weighted by Gasteiger charge is -2.45. The number of hydrogen-bond acceptors (Lipinski definition) is 2. The lowest BCUT2D eigenvalue weighted by Crippen LogP contribution is -2.58. The molecule has 5 heteroatoms. The van der Waals surface area contributed by atoms with Gasteiger partial charge in [0.1, 0.15) is 0 Å². The second kappa shape index (κ2) is 6.60. The van der Waals surface area contributed by atoms with Gasteiger partial charge in [-0.15, -0.1) is 6.58 Å². The summed E-state index contributed by atoms with van der Waals surface area (Å²) < 4.78 is 13.1. The first-order valence-corrected chi connectivity index (χ1v) is 16.5. The van der Waals surface area contributed by atoms with Gasteiger partial charge in [0.25, 0.3) is 0 Å². The van der Waals surface area contributed by atoms with Crippen molar-refractivity contribution in [3.8, 4) is 0 Å². The van der Waals surface area contributed by atoms with Gasteiger partial charge in [-0.1, -0.05) is 25.7 Å². The molecule has 120 valence electrons. The largest absolute Gasteiger partial charge is 0.415 e. The van der Waals surface area contributed by atoms with Gasteiger partial charge in [0.2, 0.25) is 9.04 Å². The molecular weight excluding hydrogens is 296 g/mol. The van der Waals surface area contributed by atoms with Crippen LogP contribution in [0.15, 0.2) is 12.7 Å². The molecule has 0 bridgehead atoms. The molecule has 0 aromatic carbocycles. The third-order valence-electron chi connectivity index (χ3n) is 4.43. The predicted molar refractivity (Wildman–Crippen MR) is 99.2 cm³/mol. The molecule has 0 aliphatic carbocycles. The molecule has 0 rings (SSSR count). The molecule has 0 aromatic heterocycles. The van der Waals surface area contributed by atoms with Crippen molar-refractivity contribution in [3.05, 3.63) is 12.7 Å². The molecule has 2 nitrogen and oxygen atoms in total. The van der Waals surface area contributed by atoms with Crippen LogP contribution in [0, 0.1) is 0 Å². The Morgan fingerprint density at radius 3 is 1.85 bits per heavy atom. The van der Waals surface area contributed by atoms with Crippen LogP contribution < -0.4 is 0 Å². The van der Waals surface area contributed by atoms with Gasteiger partial charge in [-0.2, -0.15) is 0 Å². The Bertz CT molecular complexity index is 331. The van der Waals surface area contributed by atoms with Gasteiger partial charge in [-0.05, 0) is 53.4 Å². The maximum atomic E-state index is 6.56. The molecule has 0 aliphatic heterocycles. The molecule has 0 saturated heterocycles. The normalized spacial score (nSPS) is 16.1. The van der Waals surface area contributed by atoms with E-state index >= 15 is 0 Å². The zero-order valence-corrected chi connectivity index (χ0v) is 18.5. The van der Waals surface area contributed by atoms with Crippen LogP contribution >= 0.6 is 0 Å². The summed E-state index contributed by atoms with van der Waals surface area (Å²) in [4.78, 5) is 0. The predicted octanol–water partition coefficient (Wildman–Crippen LogP) is 4.74. The van der Waals surface area contributed by atoms with Gasteiger partial charge in [0, 0.05) is 5.22 Å². The highest BCUT2D eigenvalue weighted by Gasteiger charge is 2.42. The fraction of sp³-hybridized carbons (Fsp3) is 0.867. The Morgan fingerprint density at radius 2 is 1.50 bits per heavy atom. The third kappa shape index (κ3) is 5.97. The number of rotatable bonds is 8. The molecule has 20 heavy (non-hydrogen) atoms. The van der Waals surface area contributed by atoms with Crippen LogP contribution in [0.4, 0.5) is 0 Å². The quantitative estimate of drug-likeness (QED) is 0.472. The summed E-state index contributed by atoms with van der Waals surface area (Å²) >= 11 is 0. The minimum absolute atomic E-state index is 0.00338. The van der Waals surface area contributed by atoms with E-state index < -0.39 is 25.4 Å². The van der Waals surface area contributed by atoms with E-state index in [1.165, 1.54) is 0 Å². The van der Waals surface area contributed by atoms with E-state index in [1.807, 2.05) is 6.08 Å². The standard InChI is InChI=1S/C15H36O2Si3/c1-12-13-20(10,11)17-14(2,3)18(6)16-15(4,5)19(7,8)9/h12,18H,1,13H2,2-11H3.